The molecule has 3 aliphatic rings. The number of nitrogens with zero attached hydrogens (tertiary/aromatic N) is 4. The first-order chi connectivity index (χ1) is 25.3. The summed E-state index contributed by atoms with van der Waals surface area (Å²) in [5.41, 5.74) is 8.92. The van der Waals surface area contributed by atoms with Gasteiger partial charge < -0.3 is 19.4 Å². The topological polar surface area (TPSA) is 116 Å². The summed E-state index contributed by atoms with van der Waals surface area (Å²) >= 11 is 0. The molecule has 2 aliphatic heterocycles. The number of hydrogen-bond donors (Lipinski definition) is 2. The van der Waals surface area contributed by atoms with Crippen molar-refractivity contribution in [3.8, 4) is 0 Å². The molecule has 2 N–H and O–H groups in total. The molecule has 2 saturated heterocycles. The number of H-pyrrole nitrogens is 2. The van der Waals surface area contributed by atoms with Crippen LogP contribution >= 0.6 is 0 Å². The van der Waals surface area contributed by atoms with Crippen LogP contribution in [-0.2, 0) is 9.47 Å². The summed E-state index contributed by atoms with van der Waals surface area (Å²) in [5.74, 6) is 1.81. The summed E-state index contributed by atoms with van der Waals surface area (Å²) in [6, 6.07) is 23.5. The van der Waals surface area contributed by atoms with Gasteiger partial charge >= 0.3 is 12.2 Å². The number of fused-ring (bicyclic) bond motifs is 2. The number of carbonyl (C=O) groups is 2. The Morgan fingerprint density at radius 2 is 1.28 bits per heavy atom. The van der Waals surface area contributed by atoms with Crippen LogP contribution in [0.25, 0.3) is 33.2 Å². The fraction of sp³-hybridized carbons (Fsp3) is 0.442. The van der Waals surface area contributed by atoms with Crippen LogP contribution < -0.4 is 0 Å². The van der Waals surface area contributed by atoms with Crippen molar-refractivity contribution < 1.29 is 19.1 Å². The first-order valence-corrected chi connectivity index (χ1v) is 19.1. The minimum absolute atomic E-state index is 0.134. The van der Waals surface area contributed by atoms with Crippen LogP contribution in [0.1, 0.15) is 126 Å². The van der Waals surface area contributed by atoms with Crippen molar-refractivity contribution in [1.82, 2.24) is 29.7 Å². The van der Waals surface area contributed by atoms with Crippen LogP contribution in [0.4, 0.5) is 9.59 Å². The number of hydrogen-bond acceptors (Lipinski definition) is 6. The largest absolute Gasteiger partial charge is 0.444 e. The second kappa shape index (κ2) is 13.4. The van der Waals surface area contributed by atoms with Gasteiger partial charge in [-0.25, -0.2) is 19.6 Å². The second-order valence-corrected chi connectivity index (χ2v) is 16.8. The van der Waals surface area contributed by atoms with Crippen molar-refractivity contribution in [1.29, 1.82) is 0 Å². The Balaban J connectivity index is 1.11. The molecule has 0 bridgehead atoms. The number of amides is 2. The van der Waals surface area contributed by atoms with Crippen molar-refractivity contribution in [3.63, 3.8) is 0 Å². The zero-order valence-electron chi connectivity index (χ0n) is 31.7. The Bertz CT molecular complexity index is 2200. The van der Waals surface area contributed by atoms with Crippen molar-refractivity contribution in [3.05, 3.63) is 95.1 Å². The average Bonchev–Trinajstić information content (AvgIpc) is 3.94. The van der Waals surface area contributed by atoms with E-state index in [-0.39, 0.29) is 30.2 Å². The molecular weight excluding hydrogens is 665 g/mol. The van der Waals surface area contributed by atoms with E-state index < -0.39 is 11.2 Å². The van der Waals surface area contributed by atoms with Gasteiger partial charge in [0.2, 0.25) is 0 Å². The number of carbonyl (C=O) groups excluding carboxylic acids is 2. The molecule has 0 saturated carbocycles. The zero-order valence-corrected chi connectivity index (χ0v) is 31.7. The number of allylic oxidation sites excluding steroid dienone is 2. The number of ether oxygens (including phenoxy) is 2. The molecule has 0 spiro atoms. The zero-order chi connectivity index (χ0) is 37.1. The molecule has 8 rings (SSSR count). The van der Waals surface area contributed by atoms with E-state index in [1.807, 2.05) is 51.3 Å². The Morgan fingerprint density at radius 3 is 1.91 bits per heavy atom. The molecule has 5 aromatic rings. The van der Waals surface area contributed by atoms with Crippen LogP contribution in [0.3, 0.4) is 0 Å². The normalized spacial score (nSPS) is 21.0. The van der Waals surface area contributed by atoms with Gasteiger partial charge in [0.05, 0.1) is 34.2 Å². The fourth-order valence-electron chi connectivity index (χ4n) is 8.38. The van der Waals surface area contributed by atoms with Crippen LogP contribution in [0.2, 0.25) is 0 Å². The van der Waals surface area contributed by atoms with Gasteiger partial charge in [-0.2, -0.15) is 0 Å². The van der Waals surface area contributed by atoms with E-state index in [9.17, 15) is 9.59 Å². The lowest BCUT2D eigenvalue weighted by molar-refractivity contribution is 0.0208. The maximum absolute atomic E-state index is 13.1. The number of aromatic nitrogens is 4. The summed E-state index contributed by atoms with van der Waals surface area (Å²) in [6.45, 7) is 12.7. The predicted molar refractivity (Wildman–Crippen MR) is 207 cm³/mol. The Labute approximate surface area is 311 Å². The van der Waals surface area contributed by atoms with Crippen molar-refractivity contribution in [2.45, 2.75) is 109 Å². The minimum atomic E-state index is -0.552. The first kappa shape index (κ1) is 34.9. The highest BCUT2D eigenvalue weighted by Crippen LogP contribution is 2.49. The van der Waals surface area contributed by atoms with Gasteiger partial charge in [0.15, 0.2) is 0 Å². The summed E-state index contributed by atoms with van der Waals surface area (Å²) in [5, 5.41) is 0. The molecule has 3 atom stereocenters. The lowest BCUT2D eigenvalue weighted by Gasteiger charge is -2.27. The van der Waals surface area contributed by atoms with Crippen LogP contribution in [0, 0.1) is 0 Å². The Morgan fingerprint density at radius 1 is 0.679 bits per heavy atom. The molecule has 3 aromatic carbocycles. The molecule has 1 aliphatic carbocycles. The number of nitrogens with one attached hydrogen (secondary N) is 2. The van der Waals surface area contributed by atoms with Gasteiger partial charge in [-0.05, 0) is 132 Å². The van der Waals surface area contributed by atoms with E-state index in [0.29, 0.717) is 13.1 Å². The number of benzene rings is 3. The molecule has 2 amide bonds. The van der Waals surface area contributed by atoms with E-state index in [1.54, 1.807) is 0 Å². The number of rotatable bonds is 5. The third kappa shape index (κ3) is 7.03. The quantitative estimate of drug-likeness (QED) is 0.187. The molecule has 2 aromatic heterocycles. The van der Waals surface area contributed by atoms with Gasteiger partial charge in [0, 0.05) is 19.0 Å². The molecule has 53 heavy (non-hydrogen) atoms. The van der Waals surface area contributed by atoms with Crippen LogP contribution in [0.15, 0.2) is 66.7 Å². The number of aromatic amines is 2. The molecule has 4 heterocycles. The van der Waals surface area contributed by atoms with Gasteiger partial charge in [0.25, 0.3) is 0 Å². The first-order valence-electron chi connectivity index (χ1n) is 19.1. The van der Waals surface area contributed by atoms with Gasteiger partial charge in [-0.3, -0.25) is 9.80 Å². The fourth-order valence-corrected chi connectivity index (χ4v) is 8.38. The summed E-state index contributed by atoms with van der Waals surface area (Å²) < 4.78 is 11.4. The van der Waals surface area contributed by atoms with E-state index in [1.165, 1.54) is 27.8 Å². The Hall–Kier alpha value is -5.12. The minimum Gasteiger partial charge on any atom is -0.444 e. The molecule has 10 nitrogen and oxygen atoms in total. The maximum Gasteiger partial charge on any atom is 0.410 e. The van der Waals surface area contributed by atoms with Crippen LogP contribution in [-0.4, -0.2) is 66.2 Å². The smallest absolute Gasteiger partial charge is 0.410 e. The van der Waals surface area contributed by atoms with E-state index in [0.717, 1.165) is 72.2 Å². The highest BCUT2D eigenvalue weighted by molar-refractivity contribution is 5.98. The Kier molecular flexibility index (Phi) is 8.82. The third-order valence-electron chi connectivity index (χ3n) is 10.6. The van der Waals surface area contributed by atoms with Crippen LogP contribution in [0.5, 0.6) is 0 Å². The van der Waals surface area contributed by atoms with Gasteiger partial charge in [-0.1, -0.05) is 42.5 Å². The molecule has 2 unspecified atom stereocenters. The summed E-state index contributed by atoms with van der Waals surface area (Å²) in [6.07, 6.45) is 4.87. The summed E-state index contributed by atoms with van der Waals surface area (Å²) in [7, 11) is 0. The standard InChI is InChI=1S/C43H50N6O4/c1-42(2,3)52-40(50)48-22-10-14-35(48)38-44-31-20-16-27(24-33(31)46-38)29-18-19-30(37(29)26-12-8-7-9-13-26)28-17-21-32-34(25-28)47-39(45-32)36-15-11-23-49(36)41(51)53-43(4,5)6/h7-9,12-13,16-17,20-21,24-25,29,35-36H,10-11,14-15,18-19,22-23H2,1-6H3,(H,44,46)(H,45,47)/t29?,35?,36-/m0/s1. The second-order valence-electron chi connectivity index (χ2n) is 16.8. The SMILES string of the molecule is CC(C)(C)OC(=O)N1CCCC1c1nc2cc(C3CCC(c4ccc5nc([C@@H]6CCCN6C(=O)OC(C)(C)C)[nH]c5c4)=C3c3ccccc3)ccc2[nH]1. The number of imidazole rings is 2. The lowest BCUT2D eigenvalue weighted by atomic mass is 9.86. The monoisotopic (exact) mass is 714 g/mol. The van der Waals surface area contributed by atoms with Crippen molar-refractivity contribution in [2.75, 3.05) is 13.1 Å². The molecular formula is C43H50N6O4. The highest BCUT2D eigenvalue weighted by Gasteiger charge is 2.37. The van der Waals surface area contributed by atoms with E-state index in [2.05, 4.69) is 76.7 Å². The lowest BCUT2D eigenvalue weighted by Crippen LogP contribution is -2.36. The van der Waals surface area contributed by atoms with E-state index in [4.69, 9.17) is 19.4 Å². The van der Waals surface area contributed by atoms with Gasteiger partial charge in [-0.15, -0.1) is 0 Å². The van der Waals surface area contributed by atoms with E-state index >= 15 is 0 Å². The van der Waals surface area contributed by atoms with Crippen molar-refractivity contribution in [2.24, 2.45) is 0 Å². The maximum atomic E-state index is 13.1. The number of likely N-dealkylation sites (tertiary alicyclic amines) is 2. The third-order valence-corrected chi connectivity index (χ3v) is 10.6. The van der Waals surface area contributed by atoms with Crippen molar-refractivity contribution >= 4 is 45.4 Å². The molecule has 0 radical (unpaired) electrons. The average molecular weight is 715 g/mol. The molecule has 2 fully saturated rings. The molecule has 10 heteroatoms. The predicted octanol–water partition coefficient (Wildman–Crippen LogP) is 10.1. The summed E-state index contributed by atoms with van der Waals surface area (Å²) in [4.78, 5) is 46.9. The molecule has 276 valence electrons. The highest BCUT2D eigenvalue weighted by atomic mass is 16.6. The van der Waals surface area contributed by atoms with Gasteiger partial charge in [0.1, 0.15) is 22.9 Å².